The molecule has 0 saturated carbocycles. The van der Waals surface area contributed by atoms with Crippen molar-refractivity contribution in [1.82, 2.24) is 4.90 Å². The van der Waals surface area contributed by atoms with Gasteiger partial charge in [0.2, 0.25) is 0 Å². The highest BCUT2D eigenvalue weighted by atomic mass is 19.1. The molecule has 0 amide bonds. The quantitative estimate of drug-likeness (QED) is 0.893. The molecule has 0 spiro atoms. The zero-order chi connectivity index (χ0) is 13.1. The van der Waals surface area contributed by atoms with Gasteiger partial charge in [0.15, 0.2) is 0 Å². The summed E-state index contributed by atoms with van der Waals surface area (Å²) in [6, 6.07) is 7.00. The summed E-state index contributed by atoms with van der Waals surface area (Å²) in [6.45, 7) is 6.40. The van der Waals surface area contributed by atoms with E-state index in [1.54, 1.807) is 12.1 Å². The fraction of sp³-hybridized carbons (Fsp3) is 0.600. The second kappa shape index (κ2) is 5.81. The third-order valence-corrected chi connectivity index (χ3v) is 3.77. The van der Waals surface area contributed by atoms with Gasteiger partial charge in [-0.05, 0) is 49.9 Å². The molecule has 3 heteroatoms. The molecule has 2 nitrogen and oxygen atoms in total. The summed E-state index contributed by atoms with van der Waals surface area (Å²) in [7, 11) is 0. The van der Waals surface area contributed by atoms with E-state index < -0.39 is 0 Å². The number of nitrogens with zero attached hydrogens (tertiary/aromatic N) is 1. The average molecular weight is 250 g/mol. The summed E-state index contributed by atoms with van der Waals surface area (Å²) in [5, 5.41) is 0. The summed E-state index contributed by atoms with van der Waals surface area (Å²) in [6.07, 6.45) is 2.49. The molecule has 0 aliphatic carbocycles. The molecule has 1 aromatic rings. The monoisotopic (exact) mass is 250 g/mol. The summed E-state index contributed by atoms with van der Waals surface area (Å²) in [4.78, 5) is 2.41. The number of benzene rings is 1. The number of rotatable bonds is 3. The van der Waals surface area contributed by atoms with Crippen molar-refractivity contribution in [2.45, 2.75) is 38.8 Å². The van der Waals surface area contributed by atoms with Crippen molar-refractivity contribution < 1.29 is 4.39 Å². The maximum Gasteiger partial charge on any atom is 0.123 e. The van der Waals surface area contributed by atoms with Gasteiger partial charge in [-0.15, -0.1) is 0 Å². The minimum absolute atomic E-state index is 0.0112. The Labute approximate surface area is 109 Å². The Balaban J connectivity index is 2.22. The van der Waals surface area contributed by atoms with E-state index in [2.05, 4.69) is 11.8 Å². The topological polar surface area (TPSA) is 29.3 Å². The first kappa shape index (κ1) is 13.5. The molecular weight excluding hydrogens is 227 g/mol. The average Bonchev–Trinajstić information content (AvgIpc) is 2.28. The van der Waals surface area contributed by atoms with Gasteiger partial charge in [-0.25, -0.2) is 4.39 Å². The summed E-state index contributed by atoms with van der Waals surface area (Å²) >= 11 is 0. The number of hydrogen-bond acceptors (Lipinski definition) is 2. The molecule has 3 atom stereocenters. The second-order valence-electron chi connectivity index (χ2n) is 5.60. The molecule has 1 saturated heterocycles. The van der Waals surface area contributed by atoms with Gasteiger partial charge in [-0.3, -0.25) is 4.90 Å². The molecular formula is C15H23FN2. The summed E-state index contributed by atoms with van der Waals surface area (Å²) in [5.41, 5.74) is 7.13. The third-order valence-electron chi connectivity index (χ3n) is 3.77. The van der Waals surface area contributed by atoms with Crippen molar-refractivity contribution in [2.75, 3.05) is 13.1 Å². The molecule has 0 bridgehead atoms. The van der Waals surface area contributed by atoms with Gasteiger partial charge in [0.25, 0.3) is 0 Å². The number of hydrogen-bond donors (Lipinski definition) is 1. The van der Waals surface area contributed by atoms with Gasteiger partial charge in [0.05, 0.1) is 0 Å². The predicted molar refractivity (Wildman–Crippen MR) is 72.8 cm³/mol. The smallest absolute Gasteiger partial charge is 0.123 e. The van der Waals surface area contributed by atoms with Crippen LogP contribution in [0.25, 0.3) is 0 Å². The van der Waals surface area contributed by atoms with Crippen LogP contribution >= 0.6 is 0 Å². The Hall–Kier alpha value is -0.930. The fourth-order valence-corrected chi connectivity index (χ4v) is 3.02. The lowest BCUT2D eigenvalue weighted by Crippen LogP contribution is -2.44. The van der Waals surface area contributed by atoms with Crippen LogP contribution in [0.2, 0.25) is 0 Å². The van der Waals surface area contributed by atoms with Crippen molar-refractivity contribution in [2.24, 2.45) is 11.7 Å². The SMILES string of the molecule is CC1CCCN(C(c2cccc(F)c2)C(C)N)C1. The summed E-state index contributed by atoms with van der Waals surface area (Å²) in [5.74, 6) is 0.525. The fourth-order valence-electron chi connectivity index (χ4n) is 3.02. The van der Waals surface area contributed by atoms with Gasteiger partial charge in [-0.2, -0.15) is 0 Å². The first-order chi connectivity index (χ1) is 8.58. The van der Waals surface area contributed by atoms with Gasteiger partial charge >= 0.3 is 0 Å². The van der Waals surface area contributed by atoms with Crippen LogP contribution in [0, 0.1) is 11.7 Å². The molecule has 1 aliphatic rings. The van der Waals surface area contributed by atoms with E-state index >= 15 is 0 Å². The molecule has 1 heterocycles. The zero-order valence-electron chi connectivity index (χ0n) is 11.3. The van der Waals surface area contributed by atoms with E-state index in [0.717, 1.165) is 18.7 Å². The molecule has 3 unspecified atom stereocenters. The minimum atomic E-state index is -0.178. The van der Waals surface area contributed by atoms with E-state index in [-0.39, 0.29) is 17.9 Å². The standard InChI is InChI=1S/C15H23FN2/c1-11-5-4-8-18(10-11)15(12(2)17)13-6-3-7-14(16)9-13/h3,6-7,9,11-12,15H,4-5,8,10,17H2,1-2H3. The van der Waals surface area contributed by atoms with Crippen LogP contribution in [0.1, 0.15) is 38.3 Å². The Morgan fingerprint density at radius 2 is 2.22 bits per heavy atom. The van der Waals surface area contributed by atoms with Crippen molar-refractivity contribution in [1.29, 1.82) is 0 Å². The highest BCUT2D eigenvalue weighted by Gasteiger charge is 2.27. The molecule has 18 heavy (non-hydrogen) atoms. The first-order valence-electron chi connectivity index (χ1n) is 6.83. The van der Waals surface area contributed by atoms with Crippen LogP contribution in [0.15, 0.2) is 24.3 Å². The molecule has 2 N–H and O–H groups in total. The van der Waals surface area contributed by atoms with Crippen molar-refractivity contribution >= 4 is 0 Å². The number of likely N-dealkylation sites (tertiary alicyclic amines) is 1. The zero-order valence-corrected chi connectivity index (χ0v) is 11.3. The van der Waals surface area contributed by atoms with Crippen LogP contribution < -0.4 is 5.73 Å². The van der Waals surface area contributed by atoms with Gasteiger partial charge in [-0.1, -0.05) is 19.1 Å². The van der Waals surface area contributed by atoms with E-state index in [4.69, 9.17) is 5.73 Å². The van der Waals surface area contributed by atoms with Gasteiger partial charge < -0.3 is 5.73 Å². The molecule has 1 fully saturated rings. The maximum atomic E-state index is 13.4. The molecule has 0 aromatic heterocycles. The van der Waals surface area contributed by atoms with Crippen LogP contribution in [0.5, 0.6) is 0 Å². The number of piperidine rings is 1. The predicted octanol–water partition coefficient (Wildman–Crippen LogP) is 2.95. The van der Waals surface area contributed by atoms with E-state index in [1.807, 2.05) is 13.0 Å². The third kappa shape index (κ3) is 3.09. The molecule has 100 valence electrons. The Morgan fingerprint density at radius 1 is 1.44 bits per heavy atom. The molecule has 1 aliphatic heterocycles. The largest absolute Gasteiger partial charge is 0.326 e. The number of nitrogens with two attached hydrogens (primary N) is 1. The lowest BCUT2D eigenvalue weighted by atomic mass is 9.93. The Bertz CT molecular complexity index is 392. The Morgan fingerprint density at radius 3 is 2.83 bits per heavy atom. The van der Waals surface area contributed by atoms with E-state index in [0.29, 0.717) is 5.92 Å². The maximum absolute atomic E-state index is 13.4. The van der Waals surface area contributed by atoms with E-state index in [1.165, 1.54) is 18.9 Å². The highest BCUT2D eigenvalue weighted by molar-refractivity contribution is 5.22. The first-order valence-corrected chi connectivity index (χ1v) is 6.83. The lowest BCUT2D eigenvalue weighted by Gasteiger charge is -2.39. The molecule has 0 radical (unpaired) electrons. The number of halogens is 1. The van der Waals surface area contributed by atoms with Crippen LogP contribution in [-0.4, -0.2) is 24.0 Å². The van der Waals surface area contributed by atoms with Crippen LogP contribution in [0.4, 0.5) is 4.39 Å². The normalized spacial score (nSPS) is 24.8. The van der Waals surface area contributed by atoms with E-state index in [9.17, 15) is 4.39 Å². The minimum Gasteiger partial charge on any atom is -0.326 e. The second-order valence-corrected chi connectivity index (χ2v) is 5.60. The van der Waals surface area contributed by atoms with Crippen LogP contribution in [0.3, 0.4) is 0 Å². The van der Waals surface area contributed by atoms with Crippen molar-refractivity contribution in [3.8, 4) is 0 Å². The van der Waals surface area contributed by atoms with Crippen LogP contribution in [-0.2, 0) is 0 Å². The Kier molecular flexibility index (Phi) is 4.36. The molecule has 1 aromatic carbocycles. The molecule has 2 rings (SSSR count). The highest BCUT2D eigenvalue weighted by Crippen LogP contribution is 2.29. The van der Waals surface area contributed by atoms with Crippen molar-refractivity contribution in [3.05, 3.63) is 35.6 Å². The van der Waals surface area contributed by atoms with Gasteiger partial charge in [0, 0.05) is 18.6 Å². The lowest BCUT2D eigenvalue weighted by molar-refractivity contribution is 0.116. The van der Waals surface area contributed by atoms with Gasteiger partial charge in [0.1, 0.15) is 5.82 Å². The van der Waals surface area contributed by atoms with Crippen molar-refractivity contribution in [3.63, 3.8) is 0 Å². The summed E-state index contributed by atoms with van der Waals surface area (Å²) < 4.78 is 13.4.